The van der Waals surface area contributed by atoms with Crippen LogP contribution in [0, 0.1) is 6.92 Å². The van der Waals surface area contributed by atoms with Crippen LogP contribution in [0.1, 0.15) is 10.4 Å². The van der Waals surface area contributed by atoms with Gasteiger partial charge in [-0.05, 0) is 30.7 Å². The van der Waals surface area contributed by atoms with E-state index in [9.17, 15) is 5.11 Å². The van der Waals surface area contributed by atoms with Crippen LogP contribution in [0.15, 0.2) is 28.9 Å². The molecular weight excluding hydrogens is 288 g/mol. The molecule has 84 valence electrons. The predicted octanol–water partition coefficient (Wildman–Crippen LogP) is 3.53. The molecule has 0 aliphatic rings. The van der Waals surface area contributed by atoms with Crippen molar-refractivity contribution in [1.29, 1.82) is 0 Å². The summed E-state index contributed by atoms with van der Waals surface area (Å²) in [4.78, 5) is 5.39. The molecule has 0 fully saturated rings. The Kier molecular flexibility index (Phi) is 3.46. The summed E-state index contributed by atoms with van der Waals surface area (Å²) in [6, 6.07) is 5.22. The number of phenols is 1. The molecule has 0 amide bonds. The van der Waals surface area contributed by atoms with Crippen molar-refractivity contribution in [1.82, 2.24) is 4.98 Å². The second kappa shape index (κ2) is 4.84. The zero-order chi connectivity index (χ0) is 11.5. The van der Waals surface area contributed by atoms with Gasteiger partial charge in [-0.2, -0.15) is 0 Å². The zero-order valence-electron chi connectivity index (χ0n) is 8.70. The second-order valence-electron chi connectivity index (χ2n) is 3.41. The van der Waals surface area contributed by atoms with Crippen molar-refractivity contribution in [2.45, 2.75) is 13.5 Å². The fraction of sp³-hybridized carbons (Fsp3) is 0.182. The fourth-order valence-corrected chi connectivity index (χ4v) is 2.35. The van der Waals surface area contributed by atoms with E-state index in [0.717, 1.165) is 15.2 Å². The van der Waals surface area contributed by atoms with E-state index in [-0.39, 0.29) is 5.75 Å². The molecule has 0 saturated carbocycles. The molecule has 2 aromatic rings. The lowest BCUT2D eigenvalue weighted by atomic mass is 10.2. The number of aryl methyl sites for hydroxylation is 1. The average molecular weight is 299 g/mol. The summed E-state index contributed by atoms with van der Waals surface area (Å²) < 4.78 is 0.978. The number of benzene rings is 1. The van der Waals surface area contributed by atoms with Gasteiger partial charge in [0, 0.05) is 22.1 Å². The third-order valence-electron chi connectivity index (χ3n) is 2.08. The van der Waals surface area contributed by atoms with Crippen LogP contribution in [0.5, 0.6) is 5.75 Å². The summed E-state index contributed by atoms with van der Waals surface area (Å²) >= 11 is 5.06. The number of thiazole rings is 1. The van der Waals surface area contributed by atoms with Crippen molar-refractivity contribution < 1.29 is 5.11 Å². The van der Waals surface area contributed by atoms with Crippen LogP contribution >= 0.6 is 27.3 Å². The van der Waals surface area contributed by atoms with Gasteiger partial charge < -0.3 is 10.4 Å². The number of aromatic hydroxyl groups is 1. The predicted molar refractivity (Wildman–Crippen MR) is 70.0 cm³/mol. The van der Waals surface area contributed by atoms with Gasteiger partial charge in [-0.25, -0.2) is 4.98 Å². The van der Waals surface area contributed by atoms with Gasteiger partial charge in [0.25, 0.3) is 0 Å². The Morgan fingerprint density at radius 3 is 3.00 bits per heavy atom. The van der Waals surface area contributed by atoms with Crippen LogP contribution in [-0.4, -0.2) is 10.1 Å². The lowest BCUT2D eigenvalue weighted by Gasteiger charge is -2.05. The van der Waals surface area contributed by atoms with Crippen LogP contribution in [0.3, 0.4) is 0 Å². The van der Waals surface area contributed by atoms with Crippen LogP contribution in [0.25, 0.3) is 0 Å². The van der Waals surface area contributed by atoms with E-state index < -0.39 is 0 Å². The van der Waals surface area contributed by atoms with Crippen molar-refractivity contribution in [3.63, 3.8) is 0 Å². The first kappa shape index (κ1) is 11.4. The van der Waals surface area contributed by atoms with Gasteiger partial charge >= 0.3 is 0 Å². The molecule has 0 radical (unpaired) electrons. The molecule has 1 heterocycles. The van der Waals surface area contributed by atoms with Crippen molar-refractivity contribution in [3.05, 3.63) is 39.3 Å². The number of hydrogen-bond donors (Lipinski definition) is 2. The number of phenolic OH excluding ortho intramolecular Hbond substituents is 1. The highest BCUT2D eigenvalue weighted by molar-refractivity contribution is 9.10. The van der Waals surface area contributed by atoms with Crippen LogP contribution < -0.4 is 5.32 Å². The standard InChI is InChI=1S/C11H11BrN2OS/c1-7-5-13-11(16-7)14-6-8-4-9(15)2-3-10(8)12/h2-5,15H,6H2,1H3,(H,13,14). The minimum atomic E-state index is 0.273. The quantitative estimate of drug-likeness (QED) is 0.911. The smallest absolute Gasteiger partial charge is 0.183 e. The first-order valence-corrected chi connectivity index (χ1v) is 6.40. The molecule has 0 unspecified atom stereocenters. The minimum absolute atomic E-state index is 0.273. The molecule has 0 atom stereocenters. The first-order valence-electron chi connectivity index (χ1n) is 4.79. The van der Waals surface area contributed by atoms with Gasteiger partial charge in [-0.1, -0.05) is 15.9 Å². The van der Waals surface area contributed by atoms with Crippen LogP contribution in [0.2, 0.25) is 0 Å². The normalized spacial score (nSPS) is 10.4. The van der Waals surface area contributed by atoms with Crippen LogP contribution in [-0.2, 0) is 6.54 Å². The molecule has 3 nitrogen and oxygen atoms in total. The Bertz CT molecular complexity index is 498. The van der Waals surface area contributed by atoms with Gasteiger partial charge in [-0.3, -0.25) is 0 Å². The Hall–Kier alpha value is -1.07. The monoisotopic (exact) mass is 298 g/mol. The van der Waals surface area contributed by atoms with Crippen molar-refractivity contribution in [3.8, 4) is 5.75 Å². The van der Waals surface area contributed by atoms with Gasteiger partial charge in [0.1, 0.15) is 5.75 Å². The molecule has 16 heavy (non-hydrogen) atoms. The lowest BCUT2D eigenvalue weighted by Crippen LogP contribution is -1.99. The Labute approximate surface area is 106 Å². The van der Waals surface area contributed by atoms with Crippen molar-refractivity contribution in [2.24, 2.45) is 0 Å². The number of nitrogens with zero attached hydrogens (tertiary/aromatic N) is 1. The molecule has 5 heteroatoms. The maximum atomic E-state index is 9.38. The van der Waals surface area contributed by atoms with E-state index in [1.54, 1.807) is 23.5 Å². The Balaban J connectivity index is 2.07. The maximum absolute atomic E-state index is 9.38. The van der Waals surface area contributed by atoms with Gasteiger partial charge in [0.05, 0.1) is 0 Å². The summed E-state index contributed by atoms with van der Waals surface area (Å²) in [5.41, 5.74) is 1.01. The Morgan fingerprint density at radius 2 is 2.31 bits per heavy atom. The van der Waals surface area contributed by atoms with Crippen LogP contribution in [0.4, 0.5) is 5.13 Å². The topological polar surface area (TPSA) is 45.2 Å². The molecule has 0 bridgehead atoms. The second-order valence-corrected chi connectivity index (χ2v) is 5.49. The third kappa shape index (κ3) is 2.74. The summed E-state index contributed by atoms with van der Waals surface area (Å²) in [5, 5.41) is 13.5. The number of anilines is 1. The van der Waals surface area contributed by atoms with E-state index in [4.69, 9.17) is 0 Å². The number of nitrogens with one attached hydrogen (secondary N) is 1. The van der Waals surface area contributed by atoms with E-state index >= 15 is 0 Å². The highest BCUT2D eigenvalue weighted by atomic mass is 79.9. The van der Waals surface area contributed by atoms with Crippen molar-refractivity contribution >= 4 is 32.4 Å². The molecule has 0 saturated heterocycles. The summed E-state index contributed by atoms with van der Waals surface area (Å²) in [5.74, 6) is 0.273. The highest BCUT2D eigenvalue weighted by Gasteiger charge is 2.03. The first-order chi connectivity index (χ1) is 7.65. The lowest BCUT2D eigenvalue weighted by molar-refractivity contribution is 0.474. The van der Waals surface area contributed by atoms with E-state index in [0.29, 0.717) is 6.54 Å². The number of hydrogen-bond acceptors (Lipinski definition) is 4. The molecule has 2 rings (SSSR count). The van der Waals surface area contributed by atoms with E-state index in [1.807, 2.05) is 19.2 Å². The molecular formula is C11H11BrN2OS. The molecule has 2 N–H and O–H groups in total. The average Bonchev–Trinajstić information content (AvgIpc) is 2.66. The zero-order valence-corrected chi connectivity index (χ0v) is 11.1. The maximum Gasteiger partial charge on any atom is 0.183 e. The molecule has 0 spiro atoms. The Morgan fingerprint density at radius 1 is 1.50 bits per heavy atom. The number of aromatic nitrogens is 1. The molecule has 1 aromatic carbocycles. The largest absolute Gasteiger partial charge is 0.508 e. The van der Waals surface area contributed by atoms with E-state index in [2.05, 4.69) is 26.2 Å². The highest BCUT2D eigenvalue weighted by Crippen LogP contribution is 2.23. The SMILES string of the molecule is Cc1cnc(NCc2cc(O)ccc2Br)s1. The van der Waals surface area contributed by atoms with Gasteiger partial charge in [-0.15, -0.1) is 11.3 Å². The summed E-state index contributed by atoms with van der Waals surface area (Å²) in [6.45, 7) is 2.66. The number of rotatable bonds is 3. The summed E-state index contributed by atoms with van der Waals surface area (Å²) in [6.07, 6.45) is 1.84. The van der Waals surface area contributed by atoms with Gasteiger partial charge in [0.2, 0.25) is 0 Å². The fourth-order valence-electron chi connectivity index (χ4n) is 1.30. The molecule has 0 aliphatic heterocycles. The summed E-state index contributed by atoms with van der Waals surface area (Å²) in [7, 11) is 0. The van der Waals surface area contributed by atoms with E-state index in [1.165, 1.54) is 4.88 Å². The number of halogens is 1. The van der Waals surface area contributed by atoms with Crippen molar-refractivity contribution in [2.75, 3.05) is 5.32 Å². The minimum Gasteiger partial charge on any atom is -0.508 e. The third-order valence-corrected chi connectivity index (χ3v) is 3.72. The van der Waals surface area contributed by atoms with Gasteiger partial charge in [0.15, 0.2) is 5.13 Å². The molecule has 1 aromatic heterocycles. The molecule has 0 aliphatic carbocycles.